The molecular formula is C17H30N2O4. The number of amides is 2. The van der Waals surface area contributed by atoms with Crippen molar-refractivity contribution < 1.29 is 19.1 Å². The third kappa shape index (κ3) is 8.38. The van der Waals surface area contributed by atoms with E-state index in [1.54, 1.807) is 18.9 Å². The normalized spacial score (nSPS) is 10.8. The van der Waals surface area contributed by atoms with Crippen molar-refractivity contribution in [1.29, 1.82) is 0 Å². The Morgan fingerprint density at radius 2 is 1.87 bits per heavy atom. The molecule has 1 N–H and O–H groups in total. The molecule has 0 aromatic heterocycles. The van der Waals surface area contributed by atoms with Crippen molar-refractivity contribution in [3.05, 3.63) is 12.2 Å². The van der Waals surface area contributed by atoms with Gasteiger partial charge in [0.1, 0.15) is 0 Å². The van der Waals surface area contributed by atoms with Gasteiger partial charge in [-0.15, -0.1) is 0 Å². The van der Waals surface area contributed by atoms with Crippen LogP contribution < -0.4 is 5.32 Å². The van der Waals surface area contributed by atoms with Crippen molar-refractivity contribution in [3.63, 3.8) is 0 Å². The van der Waals surface area contributed by atoms with Crippen LogP contribution in [0.15, 0.2) is 12.2 Å². The Morgan fingerprint density at radius 1 is 1.26 bits per heavy atom. The van der Waals surface area contributed by atoms with Crippen LogP contribution in [0.5, 0.6) is 0 Å². The maximum Gasteiger partial charge on any atom is 0.333 e. The highest BCUT2D eigenvalue weighted by molar-refractivity contribution is 5.87. The molecule has 0 aromatic rings. The van der Waals surface area contributed by atoms with Crippen LogP contribution in [-0.4, -0.2) is 49.4 Å². The van der Waals surface area contributed by atoms with Crippen molar-refractivity contribution in [3.8, 4) is 0 Å². The van der Waals surface area contributed by atoms with E-state index in [1.807, 2.05) is 20.8 Å². The Hall–Kier alpha value is -1.85. The average molecular weight is 326 g/mol. The maximum atomic E-state index is 11.9. The van der Waals surface area contributed by atoms with Gasteiger partial charge in [0, 0.05) is 37.5 Å². The van der Waals surface area contributed by atoms with Crippen LogP contribution in [0.3, 0.4) is 0 Å². The quantitative estimate of drug-likeness (QED) is 0.378. The van der Waals surface area contributed by atoms with Gasteiger partial charge in [0.2, 0.25) is 11.8 Å². The minimum atomic E-state index is -0.438. The first kappa shape index (κ1) is 21.1. The van der Waals surface area contributed by atoms with E-state index in [0.717, 1.165) is 6.42 Å². The van der Waals surface area contributed by atoms with Crippen molar-refractivity contribution >= 4 is 17.8 Å². The number of carbonyl (C=O) groups is 3. The van der Waals surface area contributed by atoms with E-state index in [-0.39, 0.29) is 18.4 Å². The van der Waals surface area contributed by atoms with E-state index < -0.39 is 11.4 Å². The van der Waals surface area contributed by atoms with Gasteiger partial charge in [-0.25, -0.2) is 4.79 Å². The highest BCUT2D eigenvalue weighted by atomic mass is 16.5. The minimum absolute atomic E-state index is 0.00689. The van der Waals surface area contributed by atoms with Gasteiger partial charge < -0.3 is 15.0 Å². The number of ether oxygens (including phenoxy) is 1. The van der Waals surface area contributed by atoms with Crippen LogP contribution >= 0.6 is 0 Å². The van der Waals surface area contributed by atoms with Gasteiger partial charge in [-0.3, -0.25) is 9.59 Å². The second kappa shape index (κ2) is 10.0. The molecular weight excluding hydrogens is 296 g/mol. The van der Waals surface area contributed by atoms with Gasteiger partial charge in [-0.2, -0.15) is 0 Å². The van der Waals surface area contributed by atoms with Crippen LogP contribution in [0.2, 0.25) is 0 Å². The average Bonchev–Trinajstić information content (AvgIpc) is 2.50. The molecule has 6 nitrogen and oxygen atoms in total. The Labute approximate surface area is 139 Å². The molecule has 0 heterocycles. The van der Waals surface area contributed by atoms with Gasteiger partial charge in [0.25, 0.3) is 0 Å². The molecule has 0 saturated heterocycles. The molecule has 0 rings (SSSR count). The fourth-order valence-electron chi connectivity index (χ4n) is 1.56. The number of nitrogens with one attached hydrogen (secondary N) is 1. The van der Waals surface area contributed by atoms with Gasteiger partial charge >= 0.3 is 5.97 Å². The zero-order valence-corrected chi connectivity index (χ0v) is 15.0. The number of carbonyl (C=O) groups excluding carboxylic acids is 3. The van der Waals surface area contributed by atoms with Crippen LogP contribution in [0, 0.1) is 5.41 Å². The molecule has 0 bridgehead atoms. The predicted molar refractivity (Wildman–Crippen MR) is 89.7 cm³/mol. The topological polar surface area (TPSA) is 75.7 Å². The second-order valence-corrected chi connectivity index (χ2v) is 6.33. The Bertz CT molecular complexity index is 444. The minimum Gasteiger partial charge on any atom is -0.462 e. The van der Waals surface area contributed by atoms with E-state index >= 15 is 0 Å². The first-order chi connectivity index (χ1) is 10.6. The zero-order valence-electron chi connectivity index (χ0n) is 15.0. The number of esters is 1. The summed E-state index contributed by atoms with van der Waals surface area (Å²) in [7, 11) is 1.69. The summed E-state index contributed by atoms with van der Waals surface area (Å²) in [6.07, 6.45) is 1.53. The zero-order chi connectivity index (χ0) is 18.0. The summed E-state index contributed by atoms with van der Waals surface area (Å²) in [5.41, 5.74) is -0.0466. The Balaban J connectivity index is 3.93. The van der Waals surface area contributed by atoms with Crippen LogP contribution in [0.25, 0.3) is 0 Å². The lowest BCUT2D eigenvalue weighted by Crippen LogP contribution is -2.41. The molecule has 0 radical (unpaired) electrons. The molecule has 2 amide bonds. The third-order valence-corrected chi connectivity index (χ3v) is 3.77. The van der Waals surface area contributed by atoms with Crippen molar-refractivity contribution in [2.24, 2.45) is 5.41 Å². The summed E-state index contributed by atoms with van der Waals surface area (Å²) < 4.78 is 4.93. The first-order valence-corrected chi connectivity index (χ1v) is 7.96. The fraction of sp³-hybridized carbons (Fsp3) is 0.706. The molecule has 0 saturated carbocycles. The molecule has 0 aliphatic heterocycles. The third-order valence-electron chi connectivity index (χ3n) is 3.77. The summed E-state index contributed by atoms with van der Waals surface area (Å²) in [5, 5.41) is 2.84. The van der Waals surface area contributed by atoms with Crippen LogP contribution in [0.1, 0.15) is 47.0 Å². The SMILES string of the molecule is C=C(C)C(=O)OCCCC(=O)N(C)CCNC(=O)C(C)(C)CC. The lowest BCUT2D eigenvalue weighted by atomic mass is 9.89. The van der Waals surface area contributed by atoms with E-state index in [0.29, 0.717) is 31.5 Å². The number of nitrogens with zero attached hydrogens (tertiary/aromatic N) is 1. The molecule has 0 aliphatic rings. The summed E-state index contributed by atoms with van der Waals surface area (Å²) in [6.45, 7) is 11.9. The van der Waals surface area contributed by atoms with Gasteiger partial charge in [0.15, 0.2) is 0 Å². The maximum absolute atomic E-state index is 11.9. The van der Waals surface area contributed by atoms with Crippen molar-refractivity contribution in [2.75, 3.05) is 26.7 Å². The summed E-state index contributed by atoms with van der Waals surface area (Å²) in [5.74, 6) is -0.486. The molecule has 0 atom stereocenters. The van der Waals surface area contributed by atoms with E-state index in [2.05, 4.69) is 11.9 Å². The Kier molecular flexibility index (Phi) is 9.22. The second-order valence-electron chi connectivity index (χ2n) is 6.33. The monoisotopic (exact) mass is 326 g/mol. The van der Waals surface area contributed by atoms with Crippen LogP contribution in [0.4, 0.5) is 0 Å². The summed E-state index contributed by atoms with van der Waals surface area (Å²) in [4.78, 5) is 36.6. The molecule has 132 valence electrons. The molecule has 0 spiro atoms. The number of hydrogen-bond acceptors (Lipinski definition) is 4. The highest BCUT2D eigenvalue weighted by Gasteiger charge is 2.24. The Morgan fingerprint density at radius 3 is 2.39 bits per heavy atom. The lowest BCUT2D eigenvalue weighted by Gasteiger charge is -2.23. The standard InChI is InChI=1S/C17H30N2O4/c1-7-17(4,5)16(22)18-10-11-19(6)14(20)9-8-12-23-15(21)13(2)3/h2,7-12H2,1,3-6H3,(H,18,22). The highest BCUT2D eigenvalue weighted by Crippen LogP contribution is 2.19. The van der Waals surface area contributed by atoms with Gasteiger partial charge in [-0.05, 0) is 19.8 Å². The lowest BCUT2D eigenvalue weighted by molar-refractivity contribution is -0.140. The molecule has 0 unspecified atom stereocenters. The van der Waals surface area contributed by atoms with E-state index in [9.17, 15) is 14.4 Å². The van der Waals surface area contributed by atoms with Crippen molar-refractivity contribution in [2.45, 2.75) is 47.0 Å². The number of hydrogen-bond donors (Lipinski definition) is 1. The van der Waals surface area contributed by atoms with E-state index in [1.165, 1.54) is 0 Å². The van der Waals surface area contributed by atoms with Crippen LogP contribution in [-0.2, 0) is 19.1 Å². The fourth-order valence-corrected chi connectivity index (χ4v) is 1.56. The molecule has 0 aromatic carbocycles. The summed E-state index contributed by atoms with van der Waals surface area (Å²) in [6, 6.07) is 0. The largest absolute Gasteiger partial charge is 0.462 e. The first-order valence-electron chi connectivity index (χ1n) is 7.96. The molecule has 6 heteroatoms. The smallest absolute Gasteiger partial charge is 0.333 e. The predicted octanol–water partition coefficient (Wildman–Crippen LogP) is 1.90. The van der Waals surface area contributed by atoms with Gasteiger partial charge in [0.05, 0.1) is 6.61 Å². The van der Waals surface area contributed by atoms with E-state index in [4.69, 9.17) is 4.74 Å². The number of likely N-dealkylation sites (N-methyl/N-ethyl adjacent to an activating group) is 1. The molecule has 0 aliphatic carbocycles. The number of rotatable bonds is 10. The summed E-state index contributed by atoms with van der Waals surface area (Å²) >= 11 is 0. The van der Waals surface area contributed by atoms with Gasteiger partial charge in [-0.1, -0.05) is 27.4 Å². The molecule has 0 fully saturated rings. The molecule has 23 heavy (non-hydrogen) atoms. The van der Waals surface area contributed by atoms with Crippen molar-refractivity contribution in [1.82, 2.24) is 10.2 Å².